The van der Waals surface area contributed by atoms with Crippen LogP contribution in [-0.2, 0) is 4.79 Å². The lowest BCUT2D eigenvalue weighted by Gasteiger charge is -2.11. The van der Waals surface area contributed by atoms with Gasteiger partial charge in [0.25, 0.3) is 0 Å². The molecule has 7 nitrogen and oxygen atoms in total. The lowest BCUT2D eigenvalue weighted by Crippen LogP contribution is -2.34. The average Bonchev–Trinajstić information content (AvgIpc) is 2.62. The first-order valence-corrected chi connectivity index (χ1v) is 8.27. The van der Waals surface area contributed by atoms with E-state index in [0.29, 0.717) is 17.9 Å². The van der Waals surface area contributed by atoms with E-state index in [1.807, 2.05) is 20.8 Å². The minimum absolute atomic E-state index is 0.00519. The van der Waals surface area contributed by atoms with Gasteiger partial charge in [-0.3, -0.25) is 0 Å². The summed E-state index contributed by atoms with van der Waals surface area (Å²) < 4.78 is 0. The van der Waals surface area contributed by atoms with Crippen molar-refractivity contribution in [2.45, 2.75) is 45.7 Å². The smallest absolute Gasteiger partial charge is 0.128 e. The molecule has 25 heavy (non-hydrogen) atoms. The van der Waals surface area contributed by atoms with Crippen LogP contribution in [0.1, 0.15) is 45.1 Å². The van der Waals surface area contributed by atoms with E-state index >= 15 is 0 Å². The molecule has 0 bridgehead atoms. The fourth-order valence-corrected chi connectivity index (χ4v) is 1.68. The molecule has 1 rings (SSSR count). The summed E-state index contributed by atoms with van der Waals surface area (Å²) in [4.78, 5) is 8.00. The molecule has 0 aliphatic rings. The predicted octanol–water partition coefficient (Wildman–Crippen LogP) is 1.88. The summed E-state index contributed by atoms with van der Waals surface area (Å²) in [5.74, 6) is -0.0433. The topological polar surface area (TPSA) is 128 Å². The number of aliphatic hydroxyl groups is 1. The normalized spacial score (nSPS) is 11.4. The number of hydrogen-bond donors (Lipinski definition) is 6. The van der Waals surface area contributed by atoms with Crippen LogP contribution in [0.3, 0.4) is 0 Å². The van der Waals surface area contributed by atoms with Crippen LogP contribution in [0.25, 0.3) is 5.70 Å². The van der Waals surface area contributed by atoms with Crippen molar-refractivity contribution in [2.24, 2.45) is 5.73 Å². The van der Waals surface area contributed by atoms with E-state index in [4.69, 9.17) is 20.7 Å². The third kappa shape index (κ3) is 12.8. The number of nitrogens with one attached hydrogen (secondary N) is 2. The largest absolute Gasteiger partial charge is 0.508 e. The Labute approximate surface area is 150 Å². The summed E-state index contributed by atoms with van der Waals surface area (Å²) in [6.07, 6.45) is 6.37. The van der Waals surface area contributed by atoms with E-state index in [2.05, 4.69) is 17.6 Å². The first-order chi connectivity index (χ1) is 12.0. The molecule has 7 N–H and O–H groups in total. The number of nitrogens with two attached hydrogens (primary N) is 1. The highest BCUT2D eigenvalue weighted by Gasteiger charge is 2.05. The van der Waals surface area contributed by atoms with Gasteiger partial charge in [-0.1, -0.05) is 26.2 Å². The summed E-state index contributed by atoms with van der Waals surface area (Å²) in [5.41, 5.74) is 6.66. The number of hydrogen-bond acceptors (Lipinski definition) is 7. The van der Waals surface area contributed by atoms with Crippen LogP contribution in [0.5, 0.6) is 11.5 Å². The van der Waals surface area contributed by atoms with Gasteiger partial charge in [0.1, 0.15) is 18.3 Å². The standard InChI is InChI=1S/C11H17N3O2.C6H14O.CH2O/c1-7(13-2)14-6-10(12)9-4-3-8(15)5-11(9)16;1-2-3-4-5-6-7;1-2/h3-7,13-16H,12H2,1-2H3;7H,2-6H2,1H3;1H2/b10-6-;;. The van der Waals surface area contributed by atoms with Gasteiger partial charge in [0.05, 0.1) is 11.9 Å². The Kier molecular flexibility index (Phi) is 16.6. The van der Waals surface area contributed by atoms with E-state index in [0.717, 1.165) is 6.42 Å². The molecule has 7 heteroatoms. The monoisotopic (exact) mass is 355 g/mol. The first-order valence-electron chi connectivity index (χ1n) is 8.27. The molecule has 1 aromatic rings. The van der Waals surface area contributed by atoms with Gasteiger partial charge in [0.2, 0.25) is 0 Å². The molecule has 0 heterocycles. The molecule has 1 atom stereocenters. The summed E-state index contributed by atoms with van der Waals surface area (Å²) in [6.45, 7) is 6.46. The van der Waals surface area contributed by atoms with Gasteiger partial charge in [0.15, 0.2) is 0 Å². The number of benzene rings is 1. The second-order valence-electron chi connectivity index (χ2n) is 5.26. The Bertz CT molecular complexity index is 477. The van der Waals surface area contributed by atoms with Gasteiger partial charge < -0.3 is 36.5 Å². The number of phenolic OH excluding ortho intramolecular Hbond substituents is 2. The van der Waals surface area contributed by atoms with E-state index < -0.39 is 0 Å². The van der Waals surface area contributed by atoms with Gasteiger partial charge in [-0.2, -0.15) is 0 Å². The lowest BCUT2D eigenvalue weighted by molar-refractivity contribution is -0.0979. The van der Waals surface area contributed by atoms with Crippen LogP contribution in [0.4, 0.5) is 0 Å². The molecular weight excluding hydrogens is 322 g/mol. The van der Waals surface area contributed by atoms with Crippen molar-refractivity contribution in [2.75, 3.05) is 13.7 Å². The highest BCUT2D eigenvalue weighted by Crippen LogP contribution is 2.25. The maximum Gasteiger partial charge on any atom is 0.128 e. The Hall–Kier alpha value is -2.25. The molecule has 0 saturated heterocycles. The maximum atomic E-state index is 9.56. The van der Waals surface area contributed by atoms with Crippen molar-refractivity contribution in [1.29, 1.82) is 0 Å². The van der Waals surface area contributed by atoms with Crippen molar-refractivity contribution in [3.8, 4) is 11.5 Å². The molecule has 0 aliphatic heterocycles. The van der Waals surface area contributed by atoms with Crippen molar-refractivity contribution < 1.29 is 20.1 Å². The van der Waals surface area contributed by atoms with Crippen LogP contribution in [0, 0.1) is 0 Å². The number of unbranched alkanes of at least 4 members (excludes halogenated alkanes) is 3. The molecule has 0 amide bonds. The fourth-order valence-electron chi connectivity index (χ4n) is 1.68. The first kappa shape index (κ1) is 25.0. The molecule has 0 saturated carbocycles. The van der Waals surface area contributed by atoms with Crippen molar-refractivity contribution >= 4 is 12.5 Å². The van der Waals surface area contributed by atoms with Crippen molar-refractivity contribution in [1.82, 2.24) is 10.6 Å². The number of aromatic hydroxyl groups is 2. The molecule has 0 aromatic heterocycles. The van der Waals surface area contributed by atoms with E-state index in [9.17, 15) is 5.11 Å². The lowest BCUT2D eigenvalue weighted by atomic mass is 10.1. The van der Waals surface area contributed by atoms with Gasteiger partial charge in [-0.15, -0.1) is 0 Å². The quantitative estimate of drug-likeness (QED) is 0.310. The summed E-state index contributed by atoms with van der Waals surface area (Å²) in [7, 11) is 1.82. The Morgan fingerprint density at radius 1 is 1.28 bits per heavy atom. The van der Waals surface area contributed by atoms with Gasteiger partial charge in [-0.25, -0.2) is 0 Å². The Morgan fingerprint density at radius 2 is 1.92 bits per heavy atom. The minimum Gasteiger partial charge on any atom is -0.508 e. The van der Waals surface area contributed by atoms with E-state index in [1.165, 1.54) is 31.4 Å². The molecule has 0 fully saturated rings. The van der Waals surface area contributed by atoms with Gasteiger partial charge in [-0.05, 0) is 32.5 Å². The number of carbonyl (C=O) groups is 1. The number of aliphatic hydroxyl groups excluding tert-OH is 1. The average molecular weight is 355 g/mol. The fraction of sp³-hybridized carbons (Fsp3) is 0.500. The number of carbonyl (C=O) groups excluding carboxylic acids is 1. The van der Waals surface area contributed by atoms with Crippen molar-refractivity contribution in [3.63, 3.8) is 0 Å². The van der Waals surface area contributed by atoms with E-state index in [1.54, 1.807) is 12.3 Å². The van der Waals surface area contributed by atoms with Gasteiger partial charge >= 0.3 is 0 Å². The molecule has 0 radical (unpaired) electrons. The van der Waals surface area contributed by atoms with Crippen molar-refractivity contribution in [3.05, 3.63) is 30.0 Å². The second kappa shape index (κ2) is 16.6. The molecule has 1 aromatic carbocycles. The molecule has 0 aliphatic carbocycles. The number of phenols is 2. The zero-order valence-electron chi connectivity index (χ0n) is 15.5. The Morgan fingerprint density at radius 3 is 2.40 bits per heavy atom. The third-order valence-corrected chi connectivity index (χ3v) is 3.23. The Balaban J connectivity index is 0. The summed E-state index contributed by atoms with van der Waals surface area (Å²) in [5, 5.41) is 33.0. The van der Waals surface area contributed by atoms with E-state index in [-0.39, 0.29) is 17.7 Å². The molecule has 0 spiro atoms. The van der Waals surface area contributed by atoms with Crippen LogP contribution in [0.15, 0.2) is 24.4 Å². The molecular formula is C18H33N3O4. The molecule has 1 unspecified atom stereocenters. The zero-order valence-corrected chi connectivity index (χ0v) is 15.5. The maximum absolute atomic E-state index is 9.56. The molecule has 144 valence electrons. The van der Waals surface area contributed by atoms with Crippen LogP contribution < -0.4 is 16.4 Å². The second-order valence-corrected chi connectivity index (χ2v) is 5.26. The number of rotatable bonds is 8. The van der Waals surface area contributed by atoms with Crippen LogP contribution in [0.2, 0.25) is 0 Å². The van der Waals surface area contributed by atoms with Crippen LogP contribution in [-0.4, -0.2) is 41.9 Å². The highest BCUT2D eigenvalue weighted by atomic mass is 16.3. The minimum atomic E-state index is -0.0485. The SMILES string of the molecule is C=O.CCCCCCO.CNC(C)N/C=C(\N)c1ccc(O)cc1O. The highest BCUT2D eigenvalue weighted by molar-refractivity contribution is 5.68. The van der Waals surface area contributed by atoms with Crippen LogP contribution >= 0.6 is 0 Å². The summed E-state index contributed by atoms with van der Waals surface area (Å²) >= 11 is 0. The third-order valence-electron chi connectivity index (χ3n) is 3.23. The van der Waals surface area contributed by atoms with Gasteiger partial charge in [0, 0.05) is 24.4 Å². The summed E-state index contributed by atoms with van der Waals surface area (Å²) in [6, 6.07) is 4.27. The zero-order chi connectivity index (χ0) is 19.7. The predicted molar refractivity (Wildman–Crippen MR) is 102 cm³/mol.